The molecular formula is C12H27N3O2S. The summed E-state index contributed by atoms with van der Waals surface area (Å²) in [7, 11) is -3.30. The first-order valence-electron chi connectivity index (χ1n) is 6.99. The standard InChI is InChI=1S/C12H27N3O2S/c1-4-14(5-2)18(16,17)15(6-3)12-9-7-11(13)8-10-12/h11-12H,4-10,13H2,1-3H3. The summed E-state index contributed by atoms with van der Waals surface area (Å²) in [6, 6.07) is 0.372. The van der Waals surface area contributed by atoms with Crippen LogP contribution in [0.25, 0.3) is 0 Å². The van der Waals surface area contributed by atoms with Crippen LogP contribution in [0.5, 0.6) is 0 Å². The van der Waals surface area contributed by atoms with Gasteiger partial charge in [-0.3, -0.25) is 0 Å². The van der Waals surface area contributed by atoms with Crippen LogP contribution in [0.15, 0.2) is 0 Å². The Morgan fingerprint density at radius 3 is 1.89 bits per heavy atom. The third-order valence-corrected chi connectivity index (χ3v) is 6.11. The first-order valence-corrected chi connectivity index (χ1v) is 8.39. The molecule has 0 heterocycles. The Kier molecular flexibility index (Phi) is 6.04. The molecule has 0 radical (unpaired) electrons. The molecule has 1 saturated carbocycles. The normalized spacial score (nSPS) is 25.9. The van der Waals surface area contributed by atoms with Gasteiger partial charge in [0.15, 0.2) is 0 Å². The second kappa shape index (κ2) is 6.84. The van der Waals surface area contributed by atoms with Crippen LogP contribution in [0.4, 0.5) is 0 Å². The zero-order valence-corrected chi connectivity index (χ0v) is 12.6. The van der Waals surface area contributed by atoms with Crippen molar-refractivity contribution in [3.63, 3.8) is 0 Å². The summed E-state index contributed by atoms with van der Waals surface area (Å²) >= 11 is 0. The van der Waals surface area contributed by atoms with Crippen molar-refractivity contribution in [2.45, 2.75) is 58.5 Å². The van der Waals surface area contributed by atoms with E-state index < -0.39 is 10.2 Å². The molecule has 6 heteroatoms. The van der Waals surface area contributed by atoms with Gasteiger partial charge < -0.3 is 5.73 Å². The van der Waals surface area contributed by atoms with E-state index in [1.54, 1.807) is 4.31 Å². The van der Waals surface area contributed by atoms with Gasteiger partial charge in [0.1, 0.15) is 0 Å². The molecule has 0 aliphatic heterocycles. The van der Waals surface area contributed by atoms with Gasteiger partial charge in [-0.25, -0.2) is 0 Å². The van der Waals surface area contributed by atoms with Gasteiger partial charge in [0, 0.05) is 31.7 Å². The smallest absolute Gasteiger partial charge is 0.282 e. The molecule has 1 rings (SSSR count). The molecule has 0 bridgehead atoms. The lowest BCUT2D eigenvalue weighted by atomic mass is 9.92. The van der Waals surface area contributed by atoms with Crippen LogP contribution >= 0.6 is 0 Å². The molecule has 0 aromatic heterocycles. The molecule has 0 amide bonds. The third-order valence-electron chi connectivity index (χ3n) is 3.79. The SMILES string of the molecule is CCN(CC)S(=O)(=O)N(CC)C1CCC(N)CC1. The molecule has 0 spiro atoms. The molecule has 108 valence electrons. The van der Waals surface area contributed by atoms with Crippen molar-refractivity contribution in [3.05, 3.63) is 0 Å². The number of nitrogens with zero attached hydrogens (tertiary/aromatic N) is 2. The summed E-state index contributed by atoms with van der Waals surface area (Å²) in [5.41, 5.74) is 5.88. The van der Waals surface area contributed by atoms with E-state index in [-0.39, 0.29) is 12.1 Å². The largest absolute Gasteiger partial charge is 0.328 e. The van der Waals surface area contributed by atoms with Gasteiger partial charge in [0.05, 0.1) is 0 Å². The van der Waals surface area contributed by atoms with Crippen molar-refractivity contribution >= 4 is 10.2 Å². The summed E-state index contributed by atoms with van der Waals surface area (Å²) in [6.45, 7) is 7.27. The predicted octanol–water partition coefficient (Wildman–Crippen LogP) is 1.16. The zero-order chi connectivity index (χ0) is 13.8. The molecule has 0 aromatic rings. The zero-order valence-electron chi connectivity index (χ0n) is 11.8. The second-order valence-electron chi connectivity index (χ2n) is 4.86. The molecular weight excluding hydrogens is 250 g/mol. The average molecular weight is 277 g/mol. The summed E-state index contributed by atoms with van der Waals surface area (Å²) in [5.74, 6) is 0. The highest BCUT2D eigenvalue weighted by Crippen LogP contribution is 2.25. The fourth-order valence-corrected chi connectivity index (χ4v) is 4.56. The van der Waals surface area contributed by atoms with Gasteiger partial charge in [-0.1, -0.05) is 20.8 Å². The number of hydrogen-bond donors (Lipinski definition) is 1. The highest BCUT2D eigenvalue weighted by Gasteiger charge is 2.34. The van der Waals surface area contributed by atoms with E-state index in [4.69, 9.17) is 5.73 Å². The maximum Gasteiger partial charge on any atom is 0.282 e. The topological polar surface area (TPSA) is 66.6 Å². The Morgan fingerprint density at radius 2 is 1.50 bits per heavy atom. The van der Waals surface area contributed by atoms with Crippen molar-refractivity contribution in [3.8, 4) is 0 Å². The summed E-state index contributed by atoms with van der Waals surface area (Å²) < 4.78 is 28.2. The average Bonchev–Trinajstić information content (AvgIpc) is 2.33. The molecule has 1 aliphatic rings. The Hall–Kier alpha value is -0.170. The first-order chi connectivity index (χ1) is 8.47. The van der Waals surface area contributed by atoms with Crippen LogP contribution in [-0.2, 0) is 10.2 Å². The molecule has 18 heavy (non-hydrogen) atoms. The van der Waals surface area contributed by atoms with Gasteiger partial charge in [-0.05, 0) is 25.7 Å². The Balaban J connectivity index is 2.82. The van der Waals surface area contributed by atoms with E-state index in [1.807, 2.05) is 20.8 Å². The van der Waals surface area contributed by atoms with E-state index in [0.29, 0.717) is 19.6 Å². The minimum absolute atomic E-state index is 0.125. The maximum absolute atomic E-state index is 12.5. The van der Waals surface area contributed by atoms with E-state index in [9.17, 15) is 8.42 Å². The minimum Gasteiger partial charge on any atom is -0.328 e. The van der Waals surface area contributed by atoms with E-state index >= 15 is 0 Å². The van der Waals surface area contributed by atoms with Crippen molar-refractivity contribution in [1.82, 2.24) is 8.61 Å². The lowest BCUT2D eigenvalue weighted by molar-refractivity contribution is 0.232. The number of nitrogens with two attached hydrogens (primary N) is 1. The molecule has 1 aliphatic carbocycles. The summed E-state index contributed by atoms with van der Waals surface area (Å²) in [5, 5.41) is 0. The fraction of sp³-hybridized carbons (Fsp3) is 1.00. The Labute approximate surface area is 112 Å². The number of rotatable bonds is 6. The Bertz CT molecular complexity index is 333. The highest BCUT2D eigenvalue weighted by atomic mass is 32.2. The van der Waals surface area contributed by atoms with Gasteiger partial charge >= 0.3 is 0 Å². The fourth-order valence-electron chi connectivity index (χ4n) is 2.70. The van der Waals surface area contributed by atoms with Crippen molar-refractivity contribution in [2.24, 2.45) is 5.73 Å². The van der Waals surface area contributed by atoms with Gasteiger partial charge in [-0.2, -0.15) is 17.0 Å². The van der Waals surface area contributed by atoms with E-state index in [1.165, 1.54) is 4.31 Å². The van der Waals surface area contributed by atoms with Gasteiger partial charge in [0.2, 0.25) is 0 Å². The molecule has 0 saturated heterocycles. The third kappa shape index (κ3) is 3.44. The Morgan fingerprint density at radius 1 is 1.00 bits per heavy atom. The van der Waals surface area contributed by atoms with Crippen LogP contribution in [0.2, 0.25) is 0 Å². The first kappa shape index (κ1) is 15.9. The lowest BCUT2D eigenvalue weighted by Gasteiger charge is -2.37. The lowest BCUT2D eigenvalue weighted by Crippen LogP contribution is -2.50. The van der Waals surface area contributed by atoms with Crippen LogP contribution in [0, 0.1) is 0 Å². The van der Waals surface area contributed by atoms with Crippen LogP contribution in [0.3, 0.4) is 0 Å². The van der Waals surface area contributed by atoms with Gasteiger partial charge in [0.25, 0.3) is 10.2 Å². The van der Waals surface area contributed by atoms with Crippen LogP contribution in [0.1, 0.15) is 46.5 Å². The molecule has 0 atom stereocenters. The van der Waals surface area contributed by atoms with Crippen molar-refractivity contribution in [2.75, 3.05) is 19.6 Å². The monoisotopic (exact) mass is 277 g/mol. The van der Waals surface area contributed by atoms with Gasteiger partial charge in [-0.15, -0.1) is 0 Å². The molecule has 5 nitrogen and oxygen atoms in total. The van der Waals surface area contributed by atoms with E-state index in [2.05, 4.69) is 0 Å². The molecule has 2 N–H and O–H groups in total. The van der Waals surface area contributed by atoms with Crippen LogP contribution < -0.4 is 5.73 Å². The minimum atomic E-state index is -3.30. The number of hydrogen-bond acceptors (Lipinski definition) is 3. The summed E-state index contributed by atoms with van der Waals surface area (Å²) in [4.78, 5) is 0. The molecule has 0 unspecified atom stereocenters. The highest BCUT2D eigenvalue weighted by molar-refractivity contribution is 7.86. The molecule has 0 aromatic carbocycles. The summed E-state index contributed by atoms with van der Waals surface area (Å²) in [6.07, 6.45) is 3.62. The van der Waals surface area contributed by atoms with E-state index in [0.717, 1.165) is 25.7 Å². The predicted molar refractivity (Wildman–Crippen MR) is 74.5 cm³/mol. The quantitative estimate of drug-likeness (QED) is 0.792. The molecule has 1 fully saturated rings. The maximum atomic E-state index is 12.5. The van der Waals surface area contributed by atoms with Crippen molar-refractivity contribution in [1.29, 1.82) is 0 Å². The van der Waals surface area contributed by atoms with Crippen LogP contribution in [-0.4, -0.2) is 48.7 Å². The van der Waals surface area contributed by atoms with Crippen molar-refractivity contribution < 1.29 is 8.42 Å². The second-order valence-corrected chi connectivity index (χ2v) is 6.75.